The molecule has 6 heteroatoms. The van der Waals surface area contributed by atoms with Crippen LogP contribution in [0.3, 0.4) is 0 Å². The number of ether oxygens (including phenoxy) is 1. The number of carbonyl (C=O) groups excluding carboxylic acids is 1. The van der Waals surface area contributed by atoms with Crippen molar-refractivity contribution in [1.29, 1.82) is 0 Å². The van der Waals surface area contributed by atoms with Gasteiger partial charge in [0.15, 0.2) is 0 Å². The van der Waals surface area contributed by atoms with Crippen LogP contribution in [0.5, 0.6) is 0 Å². The van der Waals surface area contributed by atoms with Gasteiger partial charge in [-0.25, -0.2) is 4.79 Å². The Morgan fingerprint density at radius 1 is 1.39 bits per heavy atom. The molecule has 0 saturated carbocycles. The first-order chi connectivity index (χ1) is 8.40. The lowest BCUT2D eigenvalue weighted by atomic mass is 10.2. The second-order valence-electron chi connectivity index (χ2n) is 4.68. The van der Waals surface area contributed by atoms with Crippen molar-refractivity contribution in [3.8, 4) is 0 Å². The molecule has 0 heterocycles. The van der Waals surface area contributed by atoms with Gasteiger partial charge in [0.25, 0.3) is 0 Å². The highest BCUT2D eigenvalue weighted by Gasteiger charge is 2.20. The summed E-state index contributed by atoms with van der Waals surface area (Å²) in [5, 5.41) is 11.6. The van der Waals surface area contributed by atoms with Gasteiger partial charge < -0.3 is 20.1 Å². The van der Waals surface area contributed by atoms with E-state index in [0.717, 1.165) is 6.42 Å². The van der Waals surface area contributed by atoms with E-state index in [1.807, 2.05) is 20.8 Å². The molecule has 0 aliphatic carbocycles. The first-order valence-electron chi connectivity index (χ1n) is 6.16. The maximum absolute atomic E-state index is 12.0. The Bertz CT molecular complexity index is 269. The minimum absolute atomic E-state index is 0.0917. The minimum atomic E-state index is -1.01. The quantitative estimate of drug-likeness (QED) is 0.686. The van der Waals surface area contributed by atoms with Gasteiger partial charge in [-0.05, 0) is 12.3 Å². The fraction of sp³-hybridized carbons (Fsp3) is 0.833. The van der Waals surface area contributed by atoms with Gasteiger partial charge >= 0.3 is 12.0 Å². The SMILES string of the molecule is CCC(COC)NC(=O)N(CC(=O)O)CC(C)C. The zero-order chi connectivity index (χ0) is 14.1. The Balaban J connectivity index is 4.47. The van der Waals surface area contributed by atoms with Crippen molar-refractivity contribution in [2.24, 2.45) is 5.92 Å². The van der Waals surface area contributed by atoms with E-state index in [9.17, 15) is 9.59 Å². The zero-order valence-electron chi connectivity index (χ0n) is 11.6. The molecule has 1 unspecified atom stereocenters. The lowest BCUT2D eigenvalue weighted by molar-refractivity contribution is -0.137. The number of carboxylic acids is 1. The third-order valence-corrected chi connectivity index (χ3v) is 2.39. The maximum Gasteiger partial charge on any atom is 0.323 e. The van der Waals surface area contributed by atoms with Gasteiger partial charge in [-0.15, -0.1) is 0 Å². The Morgan fingerprint density at radius 3 is 2.39 bits per heavy atom. The van der Waals surface area contributed by atoms with Gasteiger partial charge in [-0.1, -0.05) is 20.8 Å². The summed E-state index contributed by atoms with van der Waals surface area (Å²) in [5.74, 6) is -0.789. The summed E-state index contributed by atoms with van der Waals surface area (Å²) in [6, 6.07) is -0.444. The van der Waals surface area contributed by atoms with Crippen LogP contribution in [0.4, 0.5) is 4.79 Å². The van der Waals surface area contributed by atoms with E-state index < -0.39 is 5.97 Å². The normalized spacial score (nSPS) is 12.3. The van der Waals surface area contributed by atoms with Crippen molar-refractivity contribution in [2.75, 3.05) is 26.8 Å². The van der Waals surface area contributed by atoms with Crippen molar-refractivity contribution in [1.82, 2.24) is 10.2 Å². The molecule has 2 N–H and O–H groups in total. The molecule has 106 valence electrons. The largest absolute Gasteiger partial charge is 0.480 e. The highest BCUT2D eigenvalue weighted by Crippen LogP contribution is 2.01. The van der Waals surface area contributed by atoms with Crippen LogP contribution in [-0.2, 0) is 9.53 Å². The molecule has 0 aromatic rings. The molecule has 0 spiro atoms. The van der Waals surface area contributed by atoms with Crippen molar-refractivity contribution < 1.29 is 19.4 Å². The van der Waals surface area contributed by atoms with Crippen molar-refractivity contribution in [3.63, 3.8) is 0 Å². The average Bonchev–Trinajstić information content (AvgIpc) is 2.26. The second-order valence-corrected chi connectivity index (χ2v) is 4.68. The Morgan fingerprint density at radius 2 is 2.00 bits per heavy atom. The highest BCUT2D eigenvalue weighted by atomic mass is 16.5. The Labute approximate surface area is 108 Å². The van der Waals surface area contributed by atoms with E-state index in [1.165, 1.54) is 4.90 Å². The van der Waals surface area contributed by atoms with Crippen molar-refractivity contribution in [3.05, 3.63) is 0 Å². The Hall–Kier alpha value is -1.30. The fourth-order valence-corrected chi connectivity index (χ4v) is 1.55. The molecular formula is C12H24N2O4. The number of hydrogen-bond acceptors (Lipinski definition) is 3. The highest BCUT2D eigenvalue weighted by molar-refractivity contribution is 5.80. The molecule has 0 aromatic carbocycles. The van der Waals surface area contributed by atoms with Crippen LogP contribution in [0.15, 0.2) is 0 Å². The predicted molar refractivity (Wildman–Crippen MR) is 68.5 cm³/mol. The molecule has 18 heavy (non-hydrogen) atoms. The van der Waals surface area contributed by atoms with E-state index in [1.54, 1.807) is 7.11 Å². The molecule has 0 rings (SSSR count). The second kappa shape index (κ2) is 8.74. The molecule has 0 aliphatic rings. The summed E-state index contributed by atoms with van der Waals surface area (Å²) < 4.78 is 4.99. The van der Waals surface area contributed by atoms with E-state index >= 15 is 0 Å². The zero-order valence-corrected chi connectivity index (χ0v) is 11.6. The van der Waals surface area contributed by atoms with Crippen molar-refractivity contribution >= 4 is 12.0 Å². The summed E-state index contributed by atoms with van der Waals surface area (Å²) in [5.41, 5.74) is 0. The van der Waals surface area contributed by atoms with Crippen LogP contribution in [0, 0.1) is 5.92 Å². The van der Waals surface area contributed by atoms with Gasteiger partial charge in [-0.3, -0.25) is 4.79 Å². The van der Waals surface area contributed by atoms with Crippen LogP contribution in [-0.4, -0.2) is 54.9 Å². The van der Waals surface area contributed by atoms with Gasteiger partial charge in [0.1, 0.15) is 6.54 Å². The number of urea groups is 1. The number of carbonyl (C=O) groups is 2. The monoisotopic (exact) mass is 260 g/mol. The van der Waals surface area contributed by atoms with E-state index in [-0.39, 0.29) is 24.5 Å². The lowest BCUT2D eigenvalue weighted by Gasteiger charge is -2.26. The number of carboxylic acid groups (broad SMARTS) is 1. The molecule has 0 radical (unpaired) electrons. The maximum atomic E-state index is 12.0. The lowest BCUT2D eigenvalue weighted by Crippen LogP contribution is -2.49. The Kier molecular flexibility index (Phi) is 8.11. The molecule has 0 saturated heterocycles. The van der Waals surface area contributed by atoms with Crippen LogP contribution in [0.25, 0.3) is 0 Å². The van der Waals surface area contributed by atoms with Gasteiger partial charge in [0.2, 0.25) is 0 Å². The average molecular weight is 260 g/mol. The van der Waals surface area contributed by atoms with Gasteiger partial charge in [0.05, 0.1) is 12.6 Å². The topological polar surface area (TPSA) is 78.9 Å². The number of nitrogens with zero attached hydrogens (tertiary/aromatic N) is 1. The third kappa shape index (κ3) is 7.11. The molecule has 2 amide bonds. The van der Waals surface area contributed by atoms with Crippen LogP contribution in [0.1, 0.15) is 27.2 Å². The number of amides is 2. The number of aliphatic carboxylic acids is 1. The molecular weight excluding hydrogens is 236 g/mol. The summed E-state index contributed by atoms with van der Waals surface area (Å²) >= 11 is 0. The minimum Gasteiger partial charge on any atom is -0.480 e. The predicted octanol–water partition coefficient (Wildman–Crippen LogP) is 1.16. The fourth-order valence-electron chi connectivity index (χ4n) is 1.55. The number of methoxy groups -OCH3 is 1. The van der Waals surface area contributed by atoms with Crippen LogP contribution >= 0.6 is 0 Å². The van der Waals surface area contributed by atoms with Gasteiger partial charge in [-0.2, -0.15) is 0 Å². The molecule has 0 fully saturated rings. The van der Waals surface area contributed by atoms with Crippen LogP contribution in [0.2, 0.25) is 0 Å². The first kappa shape index (κ1) is 16.7. The molecule has 0 bridgehead atoms. The number of hydrogen-bond donors (Lipinski definition) is 2. The summed E-state index contributed by atoms with van der Waals surface area (Å²) in [7, 11) is 1.57. The number of nitrogens with one attached hydrogen (secondary N) is 1. The van der Waals surface area contributed by atoms with Crippen LogP contribution < -0.4 is 5.32 Å². The van der Waals surface area contributed by atoms with E-state index in [0.29, 0.717) is 13.2 Å². The molecule has 6 nitrogen and oxygen atoms in total. The number of rotatable bonds is 8. The molecule has 1 atom stereocenters. The summed E-state index contributed by atoms with van der Waals surface area (Å²) in [4.78, 5) is 24.0. The standard InChI is InChI=1S/C12H24N2O4/c1-5-10(8-18-4)13-12(17)14(6-9(2)3)7-11(15)16/h9-10H,5-8H2,1-4H3,(H,13,17)(H,15,16). The van der Waals surface area contributed by atoms with E-state index in [2.05, 4.69) is 5.32 Å². The third-order valence-electron chi connectivity index (χ3n) is 2.39. The first-order valence-corrected chi connectivity index (χ1v) is 6.16. The smallest absolute Gasteiger partial charge is 0.323 e. The summed E-state index contributed by atoms with van der Waals surface area (Å²) in [6.45, 7) is 6.37. The van der Waals surface area contributed by atoms with Gasteiger partial charge in [0, 0.05) is 13.7 Å². The molecule has 0 aliphatic heterocycles. The summed E-state index contributed by atoms with van der Waals surface area (Å²) in [6.07, 6.45) is 0.738. The van der Waals surface area contributed by atoms with E-state index in [4.69, 9.17) is 9.84 Å². The van der Waals surface area contributed by atoms with Crippen molar-refractivity contribution in [2.45, 2.75) is 33.2 Å². The molecule has 0 aromatic heterocycles.